The summed E-state index contributed by atoms with van der Waals surface area (Å²) in [5.41, 5.74) is 1.45. The molecule has 1 aromatic heterocycles. The molecule has 1 unspecified atom stereocenters. The summed E-state index contributed by atoms with van der Waals surface area (Å²) < 4.78 is 13.2. The molecule has 0 bridgehead atoms. The van der Waals surface area contributed by atoms with Crippen molar-refractivity contribution in [1.29, 1.82) is 0 Å². The fraction of sp³-hybridized carbons (Fsp3) is 0.267. The van der Waals surface area contributed by atoms with Crippen LogP contribution in [-0.4, -0.2) is 10.1 Å². The number of phenolic OH excluding ortho intramolecular Hbond substituents is 1. The highest BCUT2D eigenvalue weighted by atomic mass is 19.1. The summed E-state index contributed by atoms with van der Waals surface area (Å²) in [6, 6.07) is 9.50. The van der Waals surface area contributed by atoms with Gasteiger partial charge in [-0.25, -0.2) is 4.39 Å². The van der Waals surface area contributed by atoms with Crippen LogP contribution in [0.25, 0.3) is 0 Å². The number of aromatic hydroxyl groups is 1. The van der Waals surface area contributed by atoms with Gasteiger partial charge in [0, 0.05) is 23.8 Å². The zero-order chi connectivity index (χ0) is 13.8. The zero-order valence-electron chi connectivity index (χ0n) is 11.0. The van der Waals surface area contributed by atoms with Crippen molar-refractivity contribution in [3.63, 3.8) is 0 Å². The second kappa shape index (κ2) is 5.80. The topological polar surface area (TPSA) is 45.2 Å². The van der Waals surface area contributed by atoms with E-state index in [1.807, 2.05) is 32.0 Å². The van der Waals surface area contributed by atoms with E-state index in [0.717, 1.165) is 5.69 Å². The molecule has 2 atom stereocenters. The third-order valence-corrected chi connectivity index (χ3v) is 3.09. The van der Waals surface area contributed by atoms with Crippen LogP contribution in [0.3, 0.4) is 0 Å². The molecule has 100 valence electrons. The number of aromatic nitrogens is 1. The Labute approximate surface area is 112 Å². The molecule has 2 rings (SSSR count). The third-order valence-electron chi connectivity index (χ3n) is 3.09. The fourth-order valence-electron chi connectivity index (χ4n) is 2.05. The van der Waals surface area contributed by atoms with E-state index in [-0.39, 0.29) is 23.7 Å². The van der Waals surface area contributed by atoms with Crippen molar-refractivity contribution in [3.8, 4) is 5.75 Å². The van der Waals surface area contributed by atoms with E-state index in [1.54, 1.807) is 6.20 Å². The van der Waals surface area contributed by atoms with Gasteiger partial charge in [-0.2, -0.15) is 0 Å². The number of hydrogen-bond acceptors (Lipinski definition) is 3. The maximum absolute atomic E-state index is 13.2. The van der Waals surface area contributed by atoms with E-state index in [0.29, 0.717) is 5.56 Å². The Balaban J connectivity index is 2.13. The first-order chi connectivity index (χ1) is 9.08. The average Bonchev–Trinajstić information content (AvgIpc) is 2.42. The Kier molecular flexibility index (Phi) is 4.12. The number of phenols is 1. The quantitative estimate of drug-likeness (QED) is 0.886. The van der Waals surface area contributed by atoms with E-state index in [1.165, 1.54) is 18.2 Å². The van der Waals surface area contributed by atoms with Crippen LogP contribution in [0.5, 0.6) is 5.75 Å². The minimum Gasteiger partial charge on any atom is -0.508 e. The maximum atomic E-state index is 13.2. The normalized spacial score (nSPS) is 14.1. The van der Waals surface area contributed by atoms with Crippen LogP contribution in [-0.2, 0) is 0 Å². The third kappa shape index (κ3) is 3.29. The molecule has 1 heterocycles. The Morgan fingerprint density at radius 1 is 1.16 bits per heavy atom. The van der Waals surface area contributed by atoms with Gasteiger partial charge in [0.05, 0.1) is 5.69 Å². The summed E-state index contributed by atoms with van der Waals surface area (Å²) in [6.07, 6.45) is 1.73. The number of pyridine rings is 1. The highest BCUT2D eigenvalue weighted by Crippen LogP contribution is 2.26. The summed E-state index contributed by atoms with van der Waals surface area (Å²) in [7, 11) is 0. The molecule has 2 N–H and O–H groups in total. The zero-order valence-corrected chi connectivity index (χ0v) is 11.0. The van der Waals surface area contributed by atoms with Crippen LogP contribution in [0.15, 0.2) is 42.6 Å². The van der Waals surface area contributed by atoms with Gasteiger partial charge in [-0.3, -0.25) is 4.98 Å². The van der Waals surface area contributed by atoms with Crippen molar-refractivity contribution in [3.05, 3.63) is 59.7 Å². The Hall–Kier alpha value is -1.94. The smallest absolute Gasteiger partial charge is 0.123 e. The predicted octanol–water partition coefficient (Wildman–Crippen LogP) is 3.34. The van der Waals surface area contributed by atoms with Gasteiger partial charge in [0.25, 0.3) is 0 Å². The van der Waals surface area contributed by atoms with Gasteiger partial charge >= 0.3 is 0 Å². The second-order valence-electron chi connectivity index (χ2n) is 4.57. The van der Waals surface area contributed by atoms with E-state index >= 15 is 0 Å². The molecule has 0 amide bonds. The number of benzene rings is 1. The first kappa shape index (κ1) is 13.5. The summed E-state index contributed by atoms with van der Waals surface area (Å²) in [5, 5.41) is 13.1. The molecule has 0 aliphatic carbocycles. The van der Waals surface area contributed by atoms with Crippen LogP contribution in [0, 0.1) is 5.82 Å². The van der Waals surface area contributed by atoms with Gasteiger partial charge in [-0.1, -0.05) is 6.07 Å². The Morgan fingerprint density at radius 3 is 2.63 bits per heavy atom. The van der Waals surface area contributed by atoms with Gasteiger partial charge < -0.3 is 10.4 Å². The lowest BCUT2D eigenvalue weighted by molar-refractivity contribution is 0.433. The average molecular weight is 260 g/mol. The van der Waals surface area contributed by atoms with E-state index in [9.17, 15) is 9.50 Å². The lowest BCUT2D eigenvalue weighted by Gasteiger charge is -2.20. The fourth-order valence-corrected chi connectivity index (χ4v) is 2.05. The number of hydrogen-bond donors (Lipinski definition) is 2. The Morgan fingerprint density at radius 2 is 1.95 bits per heavy atom. The predicted molar refractivity (Wildman–Crippen MR) is 72.3 cm³/mol. The molecule has 0 aliphatic heterocycles. The van der Waals surface area contributed by atoms with E-state index in [4.69, 9.17) is 0 Å². The molecule has 3 nitrogen and oxygen atoms in total. The van der Waals surface area contributed by atoms with Gasteiger partial charge in [0.2, 0.25) is 0 Å². The molecule has 0 aliphatic rings. The number of nitrogens with one attached hydrogen (secondary N) is 1. The minimum atomic E-state index is -0.355. The van der Waals surface area contributed by atoms with Crippen LogP contribution in [0.4, 0.5) is 4.39 Å². The molecule has 0 saturated heterocycles. The molecule has 0 saturated carbocycles. The summed E-state index contributed by atoms with van der Waals surface area (Å²) in [5.74, 6) is -0.262. The molecular formula is C15H17FN2O. The van der Waals surface area contributed by atoms with Gasteiger partial charge in [-0.05, 0) is 44.2 Å². The van der Waals surface area contributed by atoms with Crippen molar-refractivity contribution in [2.24, 2.45) is 0 Å². The monoisotopic (exact) mass is 260 g/mol. The molecule has 0 spiro atoms. The van der Waals surface area contributed by atoms with Crippen molar-refractivity contribution in [2.75, 3.05) is 0 Å². The largest absolute Gasteiger partial charge is 0.508 e. The van der Waals surface area contributed by atoms with Crippen LogP contribution in [0.1, 0.15) is 37.2 Å². The molecule has 0 fully saturated rings. The second-order valence-corrected chi connectivity index (χ2v) is 4.57. The lowest BCUT2D eigenvalue weighted by Crippen LogP contribution is -2.23. The highest BCUT2D eigenvalue weighted by molar-refractivity contribution is 5.35. The number of halogens is 1. The molecule has 4 heteroatoms. The molecular weight excluding hydrogens is 243 g/mol. The lowest BCUT2D eigenvalue weighted by atomic mass is 10.1. The van der Waals surface area contributed by atoms with Gasteiger partial charge in [0.1, 0.15) is 11.6 Å². The molecule has 19 heavy (non-hydrogen) atoms. The summed E-state index contributed by atoms with van der Waals surface area (Å²) in [4.78, 5) is 4.27. The SMILES string of the molecule is CC(N[C@H](C)c1ccccn1)c1cc(F)ccc1O. The maximum Gasteiger partial charge on any atom is 0.123 e. The van der Waals surface area contributed by atoms with Crippen molar-refractivity contribution in [1.82, 2.24) is 10.3 Å². The minimum absolute atomic E-state index is 0.0128. The Bertz CT molecular complexity index is 545. The summed E-state index contributed by atoms with van der Waals surface area (Å²) >= 11 is 0. The van der Waals surface area contributed by atoms with E-state index in [2.05, 4.69) is 10.3 Å². The van der Waals surface area contributed by atoms with Crippen molar-refractivity contribution < 1.29 is 9.50 Å². The number of nitrogens with zero attached hydrogens (tertiary/aromatic N) is 1. The van der Waals surface area contributed by atoms with Crippen LogP contribution in [0.2, 0.25) is 0 Å². The molecule has 0 radical (unpaired) electrons. The first-order valence-corrected chi connectivity index (χ1v) is 6.23. The highest BCUT2D eigenvalue weighted by Gasteiger charge is 2.15. The summed E-state index contributed by atoms with van der Waals surface area (Å²) in [6.45, 7) is 3.86. The standard InChI is InChI=1S/C15H17FN2O/c1-10(13-9-12(16)6-7-15(13)19)18-11(2)14-5-3-4-8-17-14/h3-11,18-19H,1-2H3/t10?,11-/m1/s1. The molecule has 2 aromatic rings. The molecule has 1 aromatic carbocycles. The van der Waals surface area contributed by atoms with Gasteiger partial charge in [-0.15, -0.1) is 0 Å². The van der Waals surface area contributed by atoms with Crippen LogP contribution >= 0.6 is 0 Å². The van der Waals surface area contributed by atoms with Crippen LogP contribution < -0.4 is 5.32 Å². The van der Waals surface area contributed by atoms with Gasteiger partial charge in [0.15, 0.2) is 0 Å². The van der Waals surface area contributed by atoms with E-state index < -0.39 is 0 Å². The number of rotatable bonds is 4. The first-order valence-electron chi connectivity index (χ1n) is 6.23. The van der Waals surface area contributed by atoms with Crippen molar-refractivity contribution >= 4 is 0 Å². The van der Waals surface area contributed by atoms with Crippen molar-refractivity contribution in [2.45, 2.75) is 25.9 Å².